The van der Waals surface area contributed by atoms with E-state index in [0.717, 1.165) is 79.2 Å². The third kappa shape index (κ3) is 5.29. The van der Waals surface area contributed by atoms with Crippen LogP contribution >= 0.6 is 0 Å². The Morgan fingerprint density at radius 1 is 1.19 bits per heavy atom. The highest BCUT2D eigenvalue weighted by Gasteiger charge is 2.28. The van der Waals surface area contributed by atoms with Gasteiger partial charge in [-0.3, -0.25) is 9.97 Å². The summed E-state index contributed by atoms with van der Waals surface area (Å²) >= 11 is 0. The third-order valence-electron chi connectivity index (χ3n) is 7.11. The van der Waals surface area contributed by atoms with Crippen LogP contribution in [0.25, 0.3) is 10.9 Å². The molecule has 2 fully saturated rings. The Hall–Kier alpha value is -3.25. The van der Waals surface area contributed by atoms with Crippen molar-refractivity contribution in [2.75, 3.05) is 42.5 Å². The first-order valence-corrected chi connectivity index (χ1v) is 12.8. The van der Waals surface area contributed by atoms with E-state index in [2.05, 4.69) is 44.1 Å². The van der Waals surface area contributed by atoms with E-state index in [4.69, 9.17) is 4.74 Å². The second kappa shape index (κ2) is 10.8. The van der Waals surface area contributed by atoms with Crippen LogP contribution in [0.4, 0.5) is 11.4 Å². The van der Waals surface area contributed by atoms with Crippen LogP contribution in [-0.2, 0) is 11.3 Å². The van der Waals surface area contributed by atoms with Gasteiger partial charge >= 0.3 is 0 Å². The molecule has 188 valence electrons. The molecule has 0 saturated carbocycles. The Balaban J connectivity index is 1.25. The molecule has 3 aromatic rings. The van der Waals surface area contributed by atoms with Crippen molar-refractivity contribution in [1.82, 2.24) is 15.3 Å². The summed E-state index contributed by atoms with van der Waals surface area (Å²) in [5, 5.41) is 23.8. The summed E-state index contributed by atoms with van der Waals surface area (Å²) in [5.74, 6) is 0. The van der Waals surface area contributed by atoms with Crippen LogP contribution in [0.3, 0.4) is 0 Å². The summed E-state index contributed by atoms with van der Waals surface area (Å²) in [4.78, 5) is 13.6. The maximum Gasteiger partial charge on any atom is 0.101 e. The lowest BCUT2D eigenvalue weighted by atomic mass is 10.0. The molecule has 3 atom stereocenters. The molecule has 0 amide bonds. The van der Waals surface area contributed by atoms with Crippen LogP contribution < -0.4 is 15.1 Å². The quantitative estimate of drug-likeness (QED) is 0.549. The number of nitriles is 1. The highest BCUT2D eigenvalue weighted by Crippen LogP contribution is 2.30. The Kier molecular flexibility index (Phi) is 7.33. The SMILES string of the molecule is Cc1cc(N2CCC[C@@H](NCC3CN(c4ccc(C#N)c5ncccc45)CC(C)O3)C2)cc(CO)n1. The number of piperidine rings is 1. The van der Waals surface area contributed by atoms with E-state index in [-0.39, 0.29) is 18.8 Å². The number of aliphatic hydroxyl groups excluding tert-OH is 1. The fourth-order valence-electron chi connectivity index (χ4n) is 5.54. The fraction of sp³-hybridized carbons (Fsp3) is 0.464. The first-order chi connectivity index (χ1) is 17.5. The minimum Gasteiger partial charge on any atom is -0.390 e. The van der Waals surface area contributed by atoms with E-state index in [9.17, 15) is 10.4 Å². The summed E-state index contributed by atoms with van der Waals surface area (Å²) < 4.78 is 6.32. The van der Waals surface area contributed by atoms with Crippen molar-refractivity contribution in [1.29, 1.82) is 5.26 Å². The van der Waals surface area contributed by atoms with Gasteiger partial charge in [-0.1, -0.05) is 0 Å². The number of pyridine rings is 2. The summed E-state index contributed by atoms with van der Waals surface area (Å²) in [6.45, 7) is 8.36. The highest BCUT2D eigenvalue weighted by atomic mass is 16.5. The average molecular weight is 487 g/mol. The van der Waals surface area contributed by atoms with Gasteiger partial charge in [0.05, 0.1) is 35.6 Å². The van der Waals surface area contributed by atoms with Gasteiger partial charge < -0.3 is 25.0 Å². The van der Waals surface area contributed by atoms with Gasteiger partial charge in [0.15, 0.2) is 0 Å². The maximum absolute atomic E-state index is 9.55. The number of nitrogens with zero attached hydrogens (tertiary/aromatic N) is 5. The Morgan fingerprint density at radius 3 is 2.92 bits per heavy atom. The van der Waals surface area contributed by atoms with Crippen LogP contribution in [0, 0.1) is 18.3 Å². The number of nitrogens with one attached hydrogen (secondary N) is 1. The van der Waals surface area contributed by atoms with Gasteiger partial charge in [-0.2, -0.15) is 5.26 Å². The van der Waals surface area contributed by atoms with Gasteiger partial charge in [0.25, 0.3) is 0 Å². The van der Waals surface area contributed by atoms with Crippen molar-refractivity contribution in [3.8, 4) is 6.07 Å². The van der Waals surface area contributed by atoms with Crippen molar-refractivity contribution in [3.63, 3.8) is 0 Å². The highest BCUT2D eigenvalue weighted by molar-refractivity contribution is 5.95. The van der Waals surface area contributed by atoms with E-state index >= 15 is 0 Å². The number of morpholine rings is 1. The molecule has 5 rings (SSSR count). The zero-order chi connectivity index (χ0) is 25.1. The monoisotopic (exact) mass is 486 g/mol. The molecule has 0 spiro atoms. The lowest BCUT2D eigenvalue weighted by Crippen LogP contribution is -2.53. The van der Waals surface area contributed by atoms with Crippen molar-refractivity contribution in [3.05, 3.63) is 59.5 Å². The molecular weight excluding hydrogens is 452 g/mol. The summed E-state index contributed by atoms with van der Waals surface area (Å²) in [6, 6.07) is 14.6. The van der Waals surface area contributed by atoms with Crippen LogP contribution in [0.2, 0.25) is 0 Å². The van der Waals surface area contributed by atoms with E-state index < -0.39 is 0 Å². The zero-order valence-electron chi connectivity index (χ0n) is 21.0. The summed E-state index contributed by atoms with van der Waals surface area (Å²) in [7, 11) is 0. The molecule has 4 heterocycles. The van der Waals surface area contributed by atoms with Crippen molar-refractivity contribution < 1.29 is 9.84 Å². The zero-order valence-corrected chi connectivity index (χ0v) is 21.0. The number of aryl methyl sites for hydroxylation is 1. The predicted molar refractivity (Wildman–Crippen MR) is 141 cm³/mol. The summed E-state index contributed by atoms with van der Waals surface area (Å²) in [5.41, 5.74) is 5.24. The lowest BCUT2D eigenvalue weighted by molar-refractivity contribution is -0.0159. The van der Waals surface area contributed by atoms with E-state index in [1.54, 1.807) is 6.20 Å². The standard InChI is InChI=1S/C28H34N6O2/c1-19-11-24(12-23(18-35)32-19)33-10-4-5-22(16-33)31-14-25-17-34(15-20(2)36-25)27-8-7-21(13-29)28-26(27)6-3-9-30-28/h3,6-9,11-12,20,22,25,31,35H,4-5,10,14-18H2,1-2H3/t20?,22-,25?/m1/s1. The molecule has 2 N–H and O–H groups in total. The number of aromatic nitrogens is 2. The number of benzene rings is 1. The smallest absolute Gasteiger partial charge is 0.101 e. The number of hydrogen-bond donors (Lipinski definition) is 2. The van der Waals surface area contributed by atoms with Gasteiger partial charge in [-0.25, -0.2) is 0 Å². The van der Waals surface area contributed by atoms with Gasteiger partial charge in [0, 0.05) is 67.4 Å². The number of hydrogen-bond acceptors (Lipinski definition) is 8. The molecule has 0 bridgehead atoms. The number of anilines is 2. The molecule has 8 nitrogen and oxygen atoms in total. The number of fused-ring (bicyclic) bond motifs is 1. The molecule has 2 aromatic heterocycles. The van der Waals surface area contributed by atoms with Crippen molar-refractivity contribution in [2.24, 2.45) is 0 Å². The van der Waals surface area contributed by atoms with Crippen molar-refractivity contribution >= 4 is 22.3 Å². The molecule has 2 saturated heterocycles. The van der Waals surface area contributed by atoms with Gasteiger partial charge in [0.1, 0.15) is 6.07 Å². The molecule has 2 aliphatic rings. The molecule has 36 heavy (non-hydrogen) atoms. The topological polar surface area (TPSA) is 97.5 Å². The normalized spacial score (nSPS) is 22.6. The first kappa shape index (κ1) is 24.4. The predicted octanol–water partition coefficient (Wildman–Crippen LogP) is 3.15. The van der Waals surface area contributed by atoms with Gasteiger partial charge in [-0.15, -0.1) is 0 Å². The van der Waals surface area contributed by atoms with Crippen LogP contribution in [-0.4, -0.2) is 66.0 Å². The minimum absolute atomic E-state index is 0.0392. The third-order valence-corrected chi connectivity index (χ3v) is 7.11. The second-order valence-electron chi connectivity index (χ2n) is 9.93. The second-order valence-corrected chi connectivity index (χ2v) is 9.93. The fourth-order valence-corrected chi connectivity index (χ4v) is 5.54. The van der Waals surface area contributed by atoms with Gasteiger partial charge in [-0.05, 0) is 63.1 Å². The van der Waals surface area contributed by atoms with Gasteiger partial charge in [0.2, 0.25) is 0 Å². The molecule has 2 aliphatic heterocycles. The van der Waals surface area contributed by atoms with Crippen LogP contribution in [0.1, 0.15) is 36.7 Å². The molecular formula is C28H34N6O2. The molecule has 8 heteroatoms. The van der Waals surface area contributed by atoms with Crippen molar-refractivity contribution in [2.45, 2.75) is 51.5 Å². The maximum atomic E-state index is 9.55. The number of aliphatic hydroxyl groups is 1. The molecule has 0 radical (unpaired) electrons. The largest absolute Gasteiger partial charge is 0.390 e. The molecule has 2 unspecified atom stereocenters. The Labute approximate surface area is 212 Å². The Morgan fingerprint density at radius 2 is 2.08 bits per heavy atom. The summed E-state index contributed by atoms with van der Waals surface area (Å²) in [6.07, 6.45) is 4.16. The van der Waals surface area contributed by atoms with Crippen LogP contribution in [0.5, 0.6) is 0 Å². The van der Waals surface area contributed by atoms with E-state index in [1.807, 2.05) is 37.3 Å². The van der Waals surface area contributed by atoms with Crippen LogP contribution in [0.15, 0.2) is 42.6 Å². The molecule has 1 aromatic carbocycles. The number of ether oxygens (including phenoxy) is 1. The Bertz CT molecular complexity index is 1260. The van der Waals surface area contributed by atoms with E-state index in [0.29, 0.717) is 11.6 Å². The minimum atomic E-state index is -0.0392. The van der Waals surface area contributed by atoms with E-state index in [1.165, 1.54) is 0 Å². The molecule has 0 aliphatic carbocycles. The average Bonchev–Trinajstić information content (AvgIpc) is 2.90. The lowest BCUT2D eigenvalue weighted by Gasteiger charge is -2.40. The first-order valence-electron chi connectivity index (χ1n) is 12.8. The number of rotatable bonds is 6.